The molecule has 0 saturated carbocycles. The van der Waals surface area contributed by atoms with Crippen molar-refractivity contribution in [2.45, 2.75) is 17.4 Å². The number of ether oxygens (including phenoxy) is 2. The number of fused-ring (bicyclic) bond motifs is 1. The smallest absolute Gasteiger partial charge is 0.324 e. The van der Waals surface area contributed by atoms with Crippen molar-refractivity contribution in [1.29, 1.82) is 0 Å². The molecule has 1 aliphatic heterocycles. The highest BCUT2D eigenvalue weighted by atomic mass is 35.5. The second-order valence-corrected chi connectivity index (χ2v) is 11.0. The summed E-state index contributed by atoms with van der Waals surface area (Å²) in [6, 6.07) is 13.9. The van der Waals surface area contributed by atoms with E-state index in [-0.39, 0.29) is 26.7 Å². The summed E-state index contributed by atoms with van der Waals surface area (Å²) in [5.41, 5.74) is 0.881. The lowest BCUT2D eigenvalue weighted by Crippen LogP contribution is -2.35. The Morgan fingerprint density at radius 2 is 1.89 bits per heavy atom. The number of carboxylic acids is 1. The van der Waals surface area contributed by atoms with Crippen molar-refractivity contribution in [3.63, 3.8) is 0 Å². The summed E-state index contributed by atoms with van der Waals surface area (Å²) in [6.07, 6.45) is 2.52. The Morgan fingerprint density at radius 1 is 1.11 bits per heavy atom. The average Bonchev–Trinajstić information content (AvgIpc) is 3.52. The molecule has 5 rings (SSSR count). The third-order valence-corrected chi connectivity index (χ3v) is 7.90. The molecule has 13 heteroatoms. The molecule has 1 unspecified atom stereocenters. The lowest BCUT2D eigenvalue weighted by atomic mass is 10.2. The van der Waals surface area contributed by atoms with Crippen LogP contribution in [0.2, 0.25) is 10.0 Å². The monoisotopic (exact) mass is 562 g/mol. The normalized spacial score (nSPS) is 15.7. The molecule has 3 heterocycles. The van der Waals surface area contributed by atoms with E-state index in [0.717, 1.165) is 16.2 Å². The summed E-state index contributed by atoms with van der Waals surface area (Å²) < 4.78 is 40.4. The molecule has 37 heavy (non-hydrogen) atoms. The van der Waals surface area contributed by atoms with Gasteiger partial charge < -0.3 is 14.6 Å². The van der Waals surface area contributed by atoms with Gasteiger partial charge >= 0.3 is 5.97 Å². The molecule has 0 radical (unpaired) electrons. The van der Waals surface area contributed by atoms with Crippen LogP contribution in [0.25, 0.3) is 16.7 Å². The van der Waals surface area contributed by atoms with Gasteiger partial charge in [0.2, 0.25) is 5.88 Å². The van der Waals surface area contributed by atoms with E-state index in [4.69, 9.17) is 32.7 Å². The van der Waals surface area contributed by atoms with Crippen LogP contribution >= 0.6 is 23.2 Å². The van der Waals surface area contributed by atoms with Crippen molar-refractivity contribution in [2.24, 2.45) is 0 Å². The van der Waals surface area contributed by atoms with Gasteiger partial charge in [0.25, 0.3) is 10.0 Å². The van der Waals surface area contributed by atoms with Crippen LogP contribution in [0.4, 0.5) is 5.69 Å². The molecule has 0 bridgehead atoms. The van der Waals surface area contributed by atoms with E-state index in [0.29, 0.717) is 30.3 Å². The first-order chi connectivity index (χ1) is 17.7. The summed E-state index contributed by atoms with van der Waals surface area (Å²) in [7, 11) is -4.29. The molecular formula is C24H20Cl2N4O6S. The van der Waals surface area contributed by atoms with Gasteiger partial charge in [-0.25, -0.2) is 8.42 Å². The lowest BCUT2D eigenvalue weighted by molar-refractivity contribution is -0.135. The quantitative estimate of drug-likeness (QED) is 0.339. The van der Waals surface area contributed by atoms with Crippen LogP contribution in [-0.2, 0) is 19.6 Å². The SMILES string of the molecule is O=C(O)CN(c1ccc2c(ccn2-c2ccc(OC3CCOC3)nn2)c1)S(=O)(=O)c1cc(Cl)cc(Cl)c1. The number of hydrogen-bond donors (Lipinski definition) is 1. The Balaban J connectivity index is 1.47. The van der Waals surface area contributed by atoms with Crippen LogP contribution in [0.3, 0.4) is 0 Å². The Hall–Kier alpha value is -3.38. The minimum absolute atomic E-state index is 0.0426. The Kier molecular flexibility index (Phi) is 6.95. The third-order valence-electron chi connectivity index (χ3n) is 5.71. The van der Waals surface area contributed by atoms with Crippen molar-refractivity contribution in [3.05, 3.63) is 70.8 Å². The highest BCUT2D eigenvalue weighted by Gasteiger charge is 2.28. The van der Waals surface area contributed by atoms with Gasteiger partial charge in [0, 0.05) is 34.1 Å². The molecule has 4 aromatic rings. The summed E-state index contributed by atoms with van der Waals surface area (Å²) in [6.45, 7) is 0.385. The van der Waals surface area contributed by atoms with Gasteiger partial charge in [-0.3, -0.25) is 13.7 Å². The molecule has 1 aliphatic rings. The number of aliphatic carboxylic acids is 1. The lowest BCUT2D eigenvalue weighted by Gasteiger charge is -2.23. The third kappa shape index (κ3) is 5.35. The minimum atomic E-state index is -4.29. The number of nitrogens with zero attached hydrogens (tertiary/aromatic N) is 4. The van der Waals surface area contributed by atoms with E-state index in [1.165, 1.54) is 24.3 Å². The molecule has 192 valence electrons. The van der Waals surface area contributed by atoms with Gasteiger partial charge in [0.05, 0.1) is 29.3 Å². The second-order valence-electron chi connectivity index (χ2n) is 8.27. The maximum absolute atomic E-state index is 13.4. The van der Waals surface area contributed by atoms with Crippen molar-refractivity contribution in [2.75, 3.05) is 24.1 Å². The zero-order chi connectivity index (χ0) is 26.2. The van der Waals surface area contributed by atoms with Gasteiger partial charge in [-0.15, -0.1) is 10.2 Å². The Morgan fingerprint density at radius 3 is 2.54 bits per heavy atom. The molecule has 1 atom stereocenters. The minimum Gasteiger partial charge on any atom is -0.480 e. The van der Waals surface area contributed by atoms with Crippen LogP contribution < -0.4 is 9.04 Å². The first-order valence-electron chi connectivity index (χ1n) is 11.1. The van der Waals surface area contributed by atoms with Gasteiger partial charge in [-0.1, -0.05) is 23.2 Å². The van der Waals surface area contributed by atoms with Gasteiger partial charge in [-0.05, 0) is 48.5 Å². The number of rotatable bonds is 8. The predicted molar refractivity (Wildman–Crippen MR) is 137 cm³/mol. The maximum atomic E-state index is 13.4. The highest BCUT2D eigenvalue weighted by Crippen LogP contribution is 2.31. The van der Waals surface area contributed by atoms with E-state index in [9.17, 15) is 18.3 Å². The summed E-state index contributed by atoms with van der Waals surface area (Å²) in [5, 5.41) is 18.7. The molecule has 1 N–H and O–H groups in total. The average molecular weight is 563 g/mol. The number of aromatic nitrogens is 3. The van der Waals surface area contributed by atoms with Gasteiger partial charge in [0.1, 0.15) is 12.6 Å². The molecule has 0 amide bonds. The van der Waals surface area contributed by atoms with Crippen molar-refractivity contribution in [1.82, 2.24) is 14.8 Å². The van der Waals surface area contributed by atoms with E-state index in [1.54, 1.807) is 41.1 Å². The molecule has 2 aromatic heterocycles. The largest absolute Gasteiger partial charge is 0.480 e. The van der Waals surface area contributed by atoms with E-state index in [2.05, 4.69) is 10.2 Å². The molecule has 1 fully saturated rings. The van der Waals surface area contributed by atoms with Gasteiger partial charge in [-0.2, -0.15) is 0 Å². The molecule has 10 nitrogen and oxygen atoms in total. The number of carboxylic acid groups (broad SMARTS) is 1. The molecule has 2 aromatic carbocycles. The number of halogens is 2. The molecule has 0 aliphatic carbocycles. The number of anilines is 1. The predicted octanol–water partition coefficient (Wildman–Crippen LogP) is 4.17. The number of hydrogen-bond acceptors (Lipinski definition) is 7. The van der Waals surface area contributed by atoms with Crippen LogP contribution in [0.15, 0.2) is 65.7 Å². The zero-order valence-electron chi connectivity index (χ0n) is 19.1. The fourth-order valence-electron chi connectivity index (χ4n) is 4.01. The van der Waals surface area contributed by atoms with Crippen LogP contribution in [0.5, 0.6) is 5.88 Å². The van der Waals surface area contributed by atoms with Crippen molar-refractivity contribution in [3.8, 4) is 11.7 Å². The first kappa shape index (κ1) is 25.3. The summed E-state index contributed by atoms with van der Waals surface area (Å²) >= 11 is 12.0. The first-order valence-corrected chi connectivity index (χ1v) is 13.3. The van der Waals surface area contributed by atoms with Crippen molar-refractivity contribution < 1.29 is 27.8 Å². The van der Waals surface area contributed by atoms with Crippen LogP contribution in [-0.4, -0.2) is 60.1 Å². The van der Waals surface area contributed by atoms with E-state index in [1.807, 2.05) is 0 Å². The Labute approximate surface area is 222 Å². The van der Waals surface area contributed by atoms with Crippen molar-refractivity contribution >= 4 is 55.8 Å². The number of carbonyl (C=O) groups is 1. The van der Waals surface area contributed by atoms with E-state index >= 15 is 0 Å². The second kappa shape index (κ2) is 10.2. The fraction of sp³-hybridized carbons (Fsp3) is 0.208. The van der Waals surface area contributed by atoms with E-state index < -0.39 is 22.5 Å². The van der Waals surface area contributed by atoms with Crippen LogP contribution in [0.1, 0.15) is 6.42 Å². The van der Waals surface area contributed by atoms with Gasteiger partial charge in [0.15, 0.2) is 5.82 Å². The molecule has 1 saturated heterocycles. The molecule has 0 spiro atoms. The summed E-state index contributed by atoms with van der Waals surface area (Å²) in [4.78, 5) is 11.4. The standard InChI is InChI=1S/C24H20Cl2N4O6S/c25-16-10-17(26)12-20(11-16)37(33,34)30(13-24(31)32)18-1-2-21-15(9-18)5-7-29(21)22-3-4-23(28-27-22)36-19-6-8-35-14-19/h1-5,7,9-12,19H,6,8,13-14H2,(H,31,32). The maximum Gasteiger partial charge on any atom is 0.324 e. The molecular weight excluding hydrogens is 543 g/mol. The topological polar surface area (TPSA) is 124 Å². The summed E-state index contributed by atoms with van der Waals surface area (Å²) in [5.74, 6) is -0.397. The number of sulfonamides is 1. The Bertz CT molecular complexity index is 1550. The zero-order valence-corrected chi connectivity index (χ0v) is 21.4. The van der Waals surface area contributed by atoms with Crippen LogP contribution in [0, 0.1) is 0 Å². The fourth-order valence-corrected chi connectivity index (χ4v) is 6.14. The number of benzene rings is 2. The highest BCUT2D eigenvalue weighted by molar-refractivity contribution is 7.92.